The summed E-state index contributed by atoms with van der Waals surface area (Å²) in [6.07, 6.45) is 8.86. The average molecular weight is 225 g/mol. The summed E-state index contributed by atoms with van der Waals surface area (Å²) < 4.78 is 0. The molecule has 0 saturated heterocycles. The summed E-state index contributed by atoms with van der Waals surface area (Å²) in [5.41, 5.74) is 0. The van der Waals surface area contributed by atoms with E-state index < -0.39 is 0 Å². The van der Waals surface area contributed by atoms with Gasteiger partial charge in [0.05, 0.1) is 0 Å². The van der Waals surface area contributed by atoms with Gasteiger partial charge in [-0.25, -0.2) is 0 Å². The second-order valence-electron chi connectivity index (χ2n) is 5.25. The van der Waals surface area contributed by atoms with Crippen molar-refractivity contribution in [3.05, 3.63) is 0 Å². The topological polar surface area (TPSA) is 40.5 Å². The minimum absolute atomic E-state index is 0.194. The Labute approximate surface area is 97.8 Å². The van der Waals surface area contributed by atoms with Crippen molar-refractivity contribution in [2.45, 2.75) is 57.4 Å². The Morgan fingerprint density at radius 1 is 1.19 bits per heavy atom. The van der Waals surface area contributed by atoms with Crippen molar-refractivity contribution in [2.75, 3.05) is 13.2 Å². The highest BCUT2D eigenvalue weighted by Gasteiger charge is 2.30. The lowest BCUT2D eigenvalue weighted by molar-refractivity contribution is -0.137. The normalized spacial score (nSPS) is 21.3. The first-order valence-electron chi connectivity index (χ1n) is 6.71. The van der Waals surface area contributed by atoms with Gasteiger partial charge in [0.2, 0.25) is 5.91 Å². The van der Waals surface area contributed by atoms with E-state index in [1.807, 2.05) is 4.90 Å². The first kappa shape index (κ1) is 11.9. The van der Waals surface area contributed by atoms with Gasteiger partial charge in [-0.05, 0) is 44.4 Å². The van der Waals surface area contributed by atoms with Gasteiger partial charge in [-0.1, -0.05) is 6.42 Å². The summed E-state index contributed by atoms with van der Waals surface area (Å²) in [4.78, 5) is 14.2. The predicted molar refractivity (Wildman–Crippen MR) is 63.0 cm³/mol. The number of hydrogen-bond donors (Lipinski definition) is 1. The molecule has 16 heavy (non-hydrogen) atoms. The van der Waals surface area contributed by atoms with E-state index in [0.29, 0.717) is 17.9 Å². The number of carbonyl (C=O) groups excluding carboxylic acids is 1. The molecule has 2 saturated carbocycles. The van der Waals surface area contributed by atoms with E-state index >= 15 is 0 Å². The molecule has 3 nitrogen and oxygen atoms in total. The Balaban J connectivity index is 1.80. The van der Waals surface area contributed by atoms with E-state index in [1.54, 1.807) is 0 Å². The average Bonchev–Trinajstić information content (AvgIpc) is 2.14. The van der Waals surface area contributed by atoms with E-state index in [-0.39, 0.29) is 6.61 Å². The van der Waals surface area contributed by atoms with Crippen LogP contribution in [0.4, 0.5) is 0 Å². The number of amides is 1. The van der Waals surface area contributed by atoms with Crippen molar-refractivity contribution in [1.29, 1.82) is 0 Å². The van der Waals surface area contributed by atoms with Crippen LogP contribution in [0.2, 0.25) is 0 Å². The van der Waals surface area contributed by atoms with E-state index in [1.165, 1.54) is 38.5 Å². The predicted octanol–water partition coefficient (Wildman–Crippen LogP) is 1.94. The molecule has 2 fully saturated rings. The van der Waals surface area contributed by atoms with Crippen LogP contribution in [-0.4, -0.2) is 35.1 Å². The van der Waals surface area contributed by atoms with Crippen molar-refractivity contribution in [2.24, 2.45) is 5.92 Å². The molecule has 92 valence electrons. The minimum atomic E-state index is 0.194. The highest BCUT2D eigenvalue weighted by molar-refractivity contribution is 5.77. The van der Waals surface area contributed by atoms with E-state index in [2.05, 4.69) is 0 Å². The molecule has 0 aliphatic heterocycles. The second-order valence-corrected chi connectivity index (χ2v) is 5.25. The summed E-state index contributed by atoms with van der Waals surface area (Å²) in [7, 11) is 0. The van der Waals surface area contributed by atoms with Gasteiger partial charge < -0.3 is 10.0 Å². The molecule has 0 unspecified atom stereocenters. The second kappa shape index (κ2) is 5.67. The van der Waals surface area contributed by atoms with Crippen molar-refractivity contribution in [1.82, 2.24) is 4.90 Å². The van der Waals surface area contributed by atoms with E-state index in [4.69, 9.17) is 5.11 Å². The molecule has 0 bridgehead atoms. The number of hydrogen-bond acceptors (Lipinski definition) is 2. The zero-order valence-corrected chi connectivity index (χ0v) is 10.0. The summed E-state index contributed by atoms with van der Waals surface area (Å²) in [6.45, 7) is 0.951. The third-order valence-corrected chi connectivity index (χ3v) is 4.08. The first-order chi connectivity index (χ1) is 7.81. The highest BCUT2D eigenvalue weighted by atomic mass is 16.3. The van der Waals surface area contributed by atoms with Crippen LogP contribution in [0.1, 0.15) is 51.4 Å². The molecule has 2 rings (SSSR count). The fourth-order valence-electron chi connectivity index (χ4n) is 2.51. The van der Waals surface area contributed by atoms with Crippen LogP contribution in [0, 0.1) is 5.92 Å². The van der Waals surface area contributed by atoms with Crippen LogP contribution in [0.5, 0.6) is 0 Å². The zero-order valence-electron chi connectivity index (χ0n) is 10.0. The van der Waals surface area contributed by atoms with E-state index in [0.717, 1.165) is 19.4 Å². The number of aliphatic hydroxyl groups is 1. The SMILES string of the molecule is O=C(CC1CCC1)N(CCCO)C1CCC1. The standard InChI is InChI=1S/C13H23NO2/c15-9-3-8-14(12-6-2-7-12)13(16)10-11-4-1-5-11/h11-12,15H,1-10H2. The van der Waals surface area contributed by atoms with Gasteiger partial charge in [0.1, 0.15) is 0 Å². The monoisotopic (exact) mass is 225 g/mol. The maximum absolute atomic E-state index is 12.1. The molecule has 0 radical (unpaired) electrons. The number of carbonyl (C=O) groups is 1. The van der Waals surface area contributed by atoms with Crippen molar-refractivity contribution < 1.29 is 9.90 Å². The molecule has 1 N–H and O–H groups in total. The Kier molecular flexibility index (Phi) is 4.22. The van der Waals surface area contributed by atoms with Gasteiger partial charge in [-0.2, -0.15) is 0 Å². The smallest absolute Gasteiger partial charge is 0.223 e. The van der Waals surface area contributed by atoms with Crippen LogP contribution in [0.3, 0.4) is 0 Å². The van der Waals surface area contributed by atoms with Gasteiger partial charge >= 0.3 is 0 Å². The summed E-state index contributed by atoms with van der Waals surface area (Å²) in [5.74, 6) is 0.993. The van der Waals surface area contributed by atoms with Crippen LogP contribution in [0.15, 0.2) is 0 Å². The van der Waals surface area contributed by atoms with E-state index in [9.17, 15) is 4.79 Å². The lowest BCUT2D eigenvalue weighted by Crippen LogP contribution is -2.45. The van der Waals surface area contributed by atoms with Crippen molar-refractivity contribution >= 4 is 5.91 Å². The molecule has 0 aromatic heterocycles. The summed E-state index contributed by atoms with van der Waals surface area (Å²) in [6, 6.07) is 0.485. The molecule has 2 aliphatic rings. The third kappa shape index (κ3) is 2.76. The molecule has 0 spiro atoms. The number of aliphatic hydroxyl groups excluding tert-OH is 1. The van der Waals surface area contributed by atoms with Crippen LogP contribution >= 0.6 is 0 Å². The summed E-state index contributed by atoms with van der Waals surface area (Å²) in [5, 5.41) is 8.87. The van der Waals surface area contributed by atoms with Crippen LogP contribution in [-0.2, 0) is 4.79 Å². The van der Waals surface area contributed by atoms with Gasteiger partial charge in [0.15, 0.2) is 0 Å². The van der Waals surface area contributed by atoms with Gasteiger partial charge in [0.25, 0.3) is 0 Å². The Hall–Kier alpha value is -0.570. The van der Waals surface area contributed by atoms with Gasteiger partial charge in [0, 0.05) is 25.6 Å². The fraction of sp³-hybridized carbons (Fsp3) is 0.923. The highest BCUT2D eigenvalue weighted by Crippen LogP contribution is 2.32. The molecular weight excluding hydrogens is 202 g/mol. The Morgan fingerprint density at radius 2 is 1.88 bits per heavy atom. The molecule has 0 atom stereocenters. The lowest BCUT2D eigenvalue weighted by atomic mass is 9.82. The molecule has 0 aromatic rings. The number of rotatable bonds is 6. The van der Waals surface area contributed by atoms with Crippen molar-refractivity contribution in [3.8, 4) is 0 Å². The third-order valence-electron chi connectivity index (χ3n) is 4.08. The molecular formula is C13H23NO2. The van der Waals surface area contributed by atoms with Gasteiger partial charge in [-0.3, -0.25) is 4.79 Å². The summed E-state index contributed by atoms with van der Waals surface area (Å²) >= 11 is 0. The Morgan fingerprint density at radius 3 is 2.31 bits per heavy atom. The maximum atomic E-state index is 12.1. The molecule has 3 heteroatoms. The zero-order chi connectivity index (χ0) is 11.4. The van der Waals surface area contributed by atoms with Crippen LogP contribution < -0.4 is 0 Å². The van der Waals surface area contributed by atoms with Crippen LogP contribution in [0.25, 0.3) is 0 Å². The fourth-order valence-corrected chi connectivity index (χ4v) is 2.51. The molecule has 1 amide bonds. The first-order valence-corrected chi connectivity index (χ1v) is 6.71. The molecule has 0 aromatic carbocycles. The lowest BCUT2D eigenvalue weighted by Gasteiger charge is -2.39. The maximum Gasteiger partial charge on any atom is 0.223 e. The number of nitrogens with zero attached hydrogens (tertiary/aromatic N) is 1. The quantitative estimate of drug-likeness (QED) is 0.750. The minimum Gasteiger partial charge on any atom is -0.396 e. The molecule has 0 heterocycles. The molecule has 2 aliphatic carbocycles. The van der Waals surface area contributed by atoms with Crippen molar-refractivity contribution in [3.63, 3.8) is 0 Å². The largest absolute Gasteiger partial charge is 0.396 e. The Bertz CT molecular complexity index is 234. The van der Waals surface area contributed by atoms with Gasteiger partial charge in [-0.15, -0.1) is 0 Å².